The van der Waals surface area contributed by atoms with Gasteiger partial charge in [0.05, 0.1) is 0 Å². The standard InChI is InChI=1S/C14H10O3/c15-11(14-12(16)8-9-13(14)17)7-6-10-4-2-1-3-5-10/h1-9,14H. The van der Waals surface area contributed by atoms with E-state index >= 15 is 0 Å². The van der Waals surface area contributed by atoms with Gasteiger partial charge in [-0.05, 0) is 23.8 Å². The molecule has 0 heterocycles. The van der Waals surface area contributed by atoms with Crippen LogP contribution in [0.2, 0.25) is 0 Å². The van der Waals surface area contributed by atoms with Crippen LogP contribution in [0.1, 0.15) is 5.56 Å². The average molecular weight is 226 g/mol. The first-order valence-electron chi connectivity index (χ1n) is 5.21. The van der Waals surface area contributed by atoms with Gasteiger partial charge in [0.2, 0.25) is 0 Å². The van der Waals surface area contributed by atoms with Crippen LogP contribution in [-0.4, -0.2) is 17.3 Å². The molecule has 3 heteroatoms. The summed E-state index contributed by atoms with van der Waals surface area (Å²) >= 11 is 0. The molecular weight excluding hydrogens is 216 g/mol. The van der Waals surface area contributed by atoms with E-state index in [1.165, 1.54) is 6.08 Å². The van der Waals surface area contributed by atoms with Crippen molar-refractivity contribution in [2.45, 2.75) is 0 Å². The Bertz CT molecular complexity index is 506. The molecule has 0 radical (unpaired) electrons. The van der Waals surface area contributed by atoms with E-state index in [-0.39, 0.29) is 0 Å². The lowest BCUT2D eigenvalue weighted by Crippen LogP contribution is -2.23. The molecule has 3 nitrogen and oxygen atoms in total. The maximum Gasteiger partial charge on any atom is 0.174 e. The second-order valence-corrected chi connectivity index (χ2v) is 3.72. The lowest BCUT2D eigenvalue weighted by molar-refractivity contribution is -0.132. The van der Waals surface area contributed by atoms with Crippen molar-refractivity contribution in [1.29, 1.82) is 0 Å². The first-order valence-corrected chi connectivity index (χ1v) is 5.21. The highest BCUT2D eigenvalue weighted by atomic mass is 16.2. The molecule has 0 spiro atoms. The molecule has 0 saturated heterocycles. The molecule has 0 N–H and O–H groups in total. The number of carbonyl (C=O) groups excluding carboxylic acids is 3. The van der Waals surface area contributed by atoms with Crippen molar-refractivity contribution < 1.29 is 14.4 Å². The second kappa shape index (κ2) is 4.70. The Hall–Kier alpha value is -2.29. The molecule has 0 atom stereocenters. The summed E-state index contributed by atoms with van der Waals surface area (Å²) in [7, 11) is 0. The Balaban J connectivity index is 2.10. The van der Waals surface area contributed by atoms with Crippen LogP contribution in [0.3, 0.4) is 0 Å². The Morgan fingerprint density at radius 3 is 2.18 bits per heavy atom. The first-order chi connectivity index (χ1) is 8.18. The molecule has 1 aromatic carbocycles. The first kappa shape index (κ1) is 11.2. The van der Waals surface area contributed by atoms with E-state index < -0.39 is 23.3 Å². The van der Waals surface area contributed by atoms with Gasteiger partial charge in [-0.15, -0.1) is 0 Å². The quantitative estimate of drug-likeness (QED) is 0.581. The predicted molar refractivity (Wildman–Crippen MR) is 63.1 cm³/mol. The third-order valence-electron chi connectivity index (χ3n) is 2.51. The fraction of sp³-hybridized carbons (Fsp3) is 0.0714. The van der Waals surface area contributed by atoms with Crippen molar-refractivity contribution in [3.63, 3.8) is 0 Å². The smallest absolute Gasteiger partial charge is 0.174 e. The van der Waals surface area contributed by atoms with Gasteiger partial charge in [-0.3, -0.25) is 14.4 Å². The third kappa shape index (κ3) is 2.45. The highest BCUT2D eigenvalue weighted by Gasteiger charge is 2.33. The molecule has 0 aromatic heterocycles. The molecule has 0 unspecified atom stereocenters. The van der Waals surface area contributed by atoms with Crippen molar-refractivity contribution in [2.75, 3.05) is 0 Å². The maximum absolute atomic E-state index is 11.7. The van der Waals surface area contributed by atoms with E-state index in [9.17, 15) is 14.4 Å². The fourth-order valence-electron chi connectivity index (χ4n) is 1.62. The van der Waals surface area contributed by atoms with E-state index in [1.807, 2.05) is 30.3 Å². The van der Waals surface area contributed by atoms with Crippen LogP contribution < -0.4 is 0 Å². The monoisotopic (exact) mass is 226 g/mol. The number of rotatable bonds is 3. The Morgan fingerprint density at radius 2 is 1.59 bits per heavy atom. The summed E-state index contributed by atoms with van der Waals surface area (Å²) in [5.74, 6) is -2.49. The van der Waals surface area contributed by atoms with Crippen LogP contribution in [0, 0.1) is 5.92 Å². The highest BCUT2D eigenvalue weighted by molar-refractivity contribution is 6.32. The van der Waals surface area contributed by atoms with Crippen LogP contribution in [-0.2, 0) is 14.4 Å². The molecule has 1 aliphatic rings. The number of allylic oxidation sites excluding steroid dienone is 3. The van der Waals surface area contributed by atoms with Gasteiger partial charge in [0.1, 0.15) is 5.92 Å². The molecule has 0 fully saturated rings. The van der Waals surface area contributed by atoms with E-state index in [1.54, 1.807) is 6.08 Å². The van der Waals surface area contributed by atoms with Gasteiger partial charge in [0.25, 0.3) is 0 Å². The molecule has 2 rings (SSSR count). The van der Waals surface area contributed by atoms with Gasteiger partial charge in [0, 0.05) is 0 Å². The number of carbonyl (C=O) groups is 3. The van der Waals surface area contributed by atoms with Gasteiger partial charge in [-0.25, -0.2) is 0 Å². The molecule has 17 heavy (non-hydrogen) atoms. The van der Waals surface area contributed by atoms with Gasteiger partial charge in [0.15, 0.2) is 17.3 Å². The van der Waals surface area contributed by atoms with Crippen LogP contribution in [0.25, 0.3) is 6.08 Å². The van der Waals surface area contributed by atoms with Crippen LogP contribution in [0.15, 0.2) is 48.6 Å². The van der Waals surface area contributed by atoms with Gasteiger partial charge < -0.3 is 0 Å². The Morgan fingerprint density at radius 1 is 1.00 bits per heavy atom. The Labute approximate surface area is 98.5 Å². The minimum atomic E-state index is -1.16. The zero-order chi connectivity index (χ0) is 12.3. The highest BCUT2D eigenvalue weighted by Crippen LogP contribution is 2.13. The summed E-state index contributed by atoms with van der Waals surface area (Å²) in [6.07, 6.45) is 5.19. The van der Waals surface area contributed by atoms with Crippen molar-refractivity contribution in [1.82, 2.24) is 0 Å². The summed E-state index contributed by atoms with van der Waals surface area (Å²) in [4.78, 5) is 34.2. The molecule has 0 aliphatic heterocycles. The molecule has 1 aromatic rings. The topological polar surface area (TPSA) is 51.2 Å². The molecule has 84 valence electrons. The minimum absolute atomic E-state index is 0.433. The van der Waals surface area contributed by atoms with Crippen LogP contribution in [0.4, 0.5) is 0 Å². The van der Waals surface area contributed by atoms with Crippen molar-refractivity contribution in [3.8, 4) is 0 Å². The van der Waals surface area contributed by atoms with Crippen molar-refractivity contribution in [2.24, 2.45) is 5.92 Å². The SMILES string of the molecule is O=C1C=CC(=O)C1C(=O)C=Cc1ccccc1. The van der Waals surface area contributed by atoms with Crippen LogP contribution in [0.5, 0.6) is 0 Å². The maximum atomic E-state index is 11.7. The van der Waals surface area contributed by atoms with E-state index in [0.717, 1.165) is 17.7 Å². The fourth-order valence-corrected chi connectivity index (χ4v) is 1.62. The largest absolute Gasteiger partial charge is 0.294 e. The lowest BCUT2D eigenvalue weighted by atomic mass is 9.99. The molecule has 0 bridgehead atoms. The predicted octanol–water partition coefficient (Wildman–Crippen LogP) is 1.59. The summed E-state index contributed by atoms with van der Waals surface area (Å²) in [6, 6.07) is 9.23. The van der Waals surface area contributed by atoms with E-state index in [2.05, 4.69) is 0 Å². The van der Waals surface area contributed by atoms with Crippen molar-refractivity contribution in [3.05, 3.63) is 54.1 Å². The zero-order valence-corrected chi connectivity index (χ0v) is 9.00. The summed E-state index contributed by atoms with van der Waals surface area (Å²) in [5, 5.41) is 0. The lowest BCUT2D eigenvalue weighted by Gasteiger charge is -2.00. The molecule has 0 saturated carbocycles. The van der Waals surface area contributed by atoms with E-state index in [0.29, 0.717) is 0 Å². The summed E-state index contributed by atoms with van der Waals surface area (Å²) in [6.45, 7) is 0. The average Bonchev–Trinajstić information content (AvgIpc) is 2.67. The second-order valence-electron chi connectivity index (χ2n) is 3.72. The molecule has 1 aliphatic carbocycles. The summed E-state index contributed by atoms with van der Waals surface area (Å²) in [5.41, 5.74) is 0.853. The summed E-state index contributed by atoms with van der Waals surface area (Å²) < 4.78 is 0. The number of hydrogen-bond acceptors (Lipinski definition) is 3. The Kier molecular flexibility index (Phi) is 3.10. The number of benzene rings is 1. The third-order valence-corrected chi connectivity index (χ3v) is 2.51. The van der Waals surface area contributed by atoms with Gasteiger partial charge in [-0.1, -0.05) is 36.4 Å². The molecule has 0 amide bonds. The van der Waals surface area contributed by atoms with E-state index in [4.69, 9.17) is 0 Å². The molecular formula is C14H10O3. The number of hydrogen-bond donors (Lipinski definition) is 0. The number of ketones is 3. The normalized spacial score (nSPS) is 16.0. The van der Waals surface area contributed by atoms with Crippen molar-refractivity contribution >= 4 is 23.4 Å². The minimum Gasteiger partial charge on any atom is -0.294 e. The van der Waals surface area contributed by atoms with Gasteiger partial charge >= 0.3 is 0 Å². The zero-order valence-electron chi connectivity index (χ0n) is 9.00. The van der Waals surface area contributed by atoms with Gasteiger partial charge in [-0.2, -0.15) is 0 Å². The van der Waals surface area contributed by atoms with Crippen LogP contribution >= 0.6 is 0 Å².